The lowest BCUT2D eigenvalue weighted by Crippen LogP contribution is -2.36. The van der Waals surface area contributed by atoms with Gasteiger partial charge in [-0.15, -0.1) is 0 Å². The van der Waals surface area contributed by atoms with E-state index in [1.165, 1.54) is 17.3 Å². The molecule has 0 saturated heterocycles. The number of hydrogen-bond donors (Lipinski definition) is 1. The van der Waals surface area contributed by atoms with Gasteiger partial charge in [0.05, 0.1) is 5.69 Å². The fraction of sp³-hybridized carbons (Fsp3) is 0.333. The molecule has 2 nitrogen and oxygen atoms in total. The Morgan fingerprint density at radius 3 is 2.71 bits per heavy atom. The lowest BCUT2D eigenvalue weighted by Gasteiger charge is -2.32. The number of anilines is 2. The Hall–Kier alpha value is -2.03. The van der Waals surface area contributed by atoms with Gasteiger partial charge in [0, 0.05) is 25.3 Å². The van der Waals surface area contributed by atoms with Crippen LogP contribution in [0.15, 0.2) is 48.5 Å². The van der Waals surface area contributed by atoms with Gasteiger partial charge in [-0.2, -0.15) is 0 Å². The number of rotatable bonds is 4. The number of halogens is 1. The van der Waals surface area contributed by atoms with Gasteiger partial charge < -0.3 is 10.2 Å². The SMILES string of the molecule is CCN(CC1CNc2ccccc2C1)c1ccccc1F. The van der Waals surface area contributed by atoms with Crippen molar-refractivity contribution >= 4 is 11.4 Å². The summed E-state index contributed by atoms with van der Waals surface area (Å²) in [4.78, 5) is 2.13. The minimum atomic E-state index is -0.136. The summed E-state index contributed by atoms with van der Waals surface area (Å²) in [5.41, 5.74) is 3.31. The van der Waals surface area contributed by atoms with E-state index >= 15 is 0 Å². The maximum atomic E-state index is 14.0. The van der Waals surface area contributed by atoms with Crippen LogP contribution in [0.1, 0.15) is 12.5 Å². The minimum Gasteiger partial charge on any atom is -0.384 e. The highest BCUT2D eigenvalue weighted by atomic mass is 19.1. The van der Waals surface area contributed by atoms with Crippen LogP contribution in [0, 0.1) is 11.7 Å². The highest BCUT2D eigenvalue weighted by Gasteiger charge is 2.21. The number of fused-ring (bicyclic) bond motifs is 1. The van der Waals surface area contributed by atoms with E-state index in [2.05, 4.69) is 41.4 Å². The molecule has 0 spiro atoms. The van der Waals surface area contributed by atoms with Crippen molar-refractivity contribution in [3.8, 4) is 0 Å². The predicted octanol–water partition coefficient (Wildman–Crippen LogP) is 3.94. The number of benzene rings is 2. The Morgan fingerprint density at radius 1 is 1.14 bits per heavy atom. The third-order valence-corrected chi connectivity index (χ3v) is 4.16. The van der Waals surface area contributed by atoms with Gasteiger partial charge in [-0.05, 0) is 43.0 Å². The van der Waals surface area contributed by atoms with E-state index in [4.69, 9.17) is 0 Å². The molecule has 0 bridgehead atoms. The van der Waals surface area contributed by atoms with Crippen LogP contribution in [0.3, 0.4) is 0 Å². The predicted molar refractivity (Wildman–Crippen MR) is 86.4 cm³/mol. The second-order valence-electron chi connectivity index (χ2n) is 5.60. The van der Waals surface area contributed by atoms with Crippen LogP contribution >= 0.6 is 0 Å². The second kappa shape index (κ2) is 6.17. The number of hydrogen-bond acceptors (Lipinski definition) is 2. The maximum absolute atomic E-state index is 14.0. The second-order valence-corrected chi connectivity index (χ2v) is 5.60. The third-order valence-electron chi connectivity index (χ3n) is 4.16. The molecular weight excluding hydrogens is 263 g/mol. The summed E-state index contributed by atoms with van der Waals surface area (Å²) in [6.45, 7) is 4.72. The minimum absolute atomic E-state index is 0.136. The Morgan fingerprint density at radius 2 is 1.90 bits per heavy atom. The molecule has 1 unspecified atom stereocenters. The summed E-state index contributed by atoms with van der Waals surface area (Å²) in [6.07, 6.45) is 1.05. The molecule has 0 fully saturated rings. The zero-order chi connectivity index (χ0) is 14.7. The number of para-hydroxylation sites is 2. The lowest BCUT2D eigenvalue weighted by atomic mass is 9.93. The van der Waals surface area contributed by atoms with Crippen molar-refractivity contribution in [1.82, 2.24) is 0 Å². The van der Waals surface area contributed by atoms with Crippen LogP contribution in [0.25, 0.3) is 0 Å². The highest BCUT2D eigenvalue weighted by Crippen LogP contribution is 2.26. The third kappa shape index (κ3) is 3.02. The zero-order valence-electron chi connectivity index (χ0n) is 12.3. The first-order valence-electron chi connectivity index (χ1n) is 7.59. The monoisotopic (exact) mass is 284 g/mol. The van der Waals surface area contributed by atoms with Crippen molar-refractivity contribution in [3.63, 3.8) is 0 Å². The van der Waals surface area contributed by atoms with E-state index in [9.17, 15) is 4.39 Å². The molecule has 3 heteroatoms. The molecule has 0 aromatic heterocycles. The van der Waals surface area contributed by atoms with Crippen molar-refractivity contribution < 1.29 is 4.39 Å². The Kier molecular flexibility index (Phi) is 4.09. The van der Waals surface area contributed by atoms with E-state index in [-0.39, 0.29) is 5.82 Å². The van der Waals surface area contributed by atoms with Gasteiger partial charge in [0.1, 0.15) is 5.82 Å². The fourth-order valence-corrected chi connectivity index (χ4v) is 3.05. The van der Waals surface area contributed by atoms with Crippen LogP contribution in [-0.2, 0) is 6.42 Å². The molecule has 0 saturated carbocycles. The van der Waals surface area contributed by atoms with Gasteiger partial charge >= 0.3 is 0 Å². The highest BCUT2D eigenvalue weighted by molar-refractivity contribution is 5.54. The van der Waals surface area contributed by atoms with Crippen molar-refractivity contribution in [2.75, 3.05) is 29.9 Å². The van der Waals surface area contributed by atoms with Gasteiger partial charge in [-0.25, -0.2) is 4.39 Å². The molecule has 1 N–H and O–H groups in total. The van der Waals surface area contributed by atoms with Gasteiger partial charge in [-0.1, -0.05) is 30.3 Å². The smallest absolute Gasteiger partial charge is 0.146 e. The molecular formula is C18H21FN2. The van der Waals surface area contributed by atoms with Gasteiger partial charge in [0.2, 0.25) is 0 Å². The average molecular weight is 284 g/mol. The standard InChI is InChI=1S/C18H21FN2/c1-2-21(18-10-6-4-8-16(18)19)13-14-11-15-7-3-5-9-17(15)20-12-14/h3-10,14,20H,2,11-13H2,1H3. The average Bonchev–Trinajstić information content (AvgIpc) is 2.53. The van der Waals surface area contributed by atoms with E-state index in [1.54, 1.807) is 6.07 Å². The molecule has 110 valence electrons. The summed E-state index contributed by atoms with van der Waals surface area (Å²) in [5.74, 6) is 0.364. The first-order valence-corrected chi connectivity index (χ1v) is 7.59. The van der Waals surface area contributed by atoms with E-state index in [0.29, 0.717) is 11.6 Å². The summed E-state index contributed by atoms with van der Waals surface area (Å²) in [5, 5.41) is 3.49. The van der Waals surface area contributed by atoms with Crippen LogP contribution in [0.4, 0.5) is 15.8 Å². The van der Waals surface area contributed by atoms with Crippen molar-refractivity contribution in [3.05, 3.63) is 59.9 Å². The van der Waals surface area contributed by atoms with Gasteiger partial charge in [-0.3, -0.25) is 0 Å². The van der Waals surface area contributed by atoms with Crippen molar-refractivity contribution in [2.24, 2.45) is 5.92 Å². The van der Waals surface area contributed by atoms with Crippen LogP contribution in [0.2, 0.25) is 0 Å². The lowest BCUT2D eigenvalue weighted by molar-refractivity contribution is 0.519. The molecule has 21 heavy (non-hydrogen) atoms. The fourth-order valence-electron chi connectivity index (χ4n) is 3.05. The molecule has 1 atom stereocenters. The molecule has 1 aliphatic heterocycles. The molecule has 1 heterocycles. The number of nitrogens with zero attached hydrogens (tertiary/aromatic N) is 1. The van der Waals surface area contributed by atoms with E-state index < -0.39 is 0 Å². The molecule has 3 rings (SSSR count). The molecule has 2 aromatic carbocycles. The Labute approximate surface area is 125 Å². The van der Waals surface area contributed by atoms with Crippen LogP contribution in [0.5, 0.6) is 0 Å². The van der Waals surface area contributed by atoms with Crippen molar-refractivity contribution in [1.29, 1.82) is 0 Å². The molecule has 1 aliphatic rings. The summed E-state index contributed by atoms with van der Waals surface area (Å²) in [7, 11) is 0. The molecule has 0 radical (unpaired) electrons. The quantitative estimate of drug-likeness (QED) is 0.915. The largest absolute Gasteiger partial charge is 0.384 e. The summed E-state index contributed by atoms with van der Waals surface area (Å²) < 4.78 is 14.0. The Bertz CT molecular complexity index is 612. The zero-order valence-corrected chi connectivity index (χ0v) is 12.3. The van der Waals surface area contributed by atoms with Gasteiger partial charge in [0.25, 0.3) is 0 Å². The molecule has 0 amide bonds. The van der Waals surface area contributed by atoms with E-state index in [0.717, 1.165) is 26.1 Å². The van der Waals surface area contributed by atoms with Crippen molar-refractivity contribution in [2.45, 2.75) is 13.3 Å². The summed E-state index contributed by atoms with van der Waals surface area (Å²) >= 11 is 0. The topological polar surface area (TPSA) is 15.3 Å². The van der Waals surface area contributed by atoms with E-state index in [1.807, 2.05) is 12.1 Å². The van der Waals surface area contributed by atoms with Gasteiger partial charge in [0.15, 0.2) is 0 Å². The molecule has 2 aromatic rings. The first kappa shape index (κ1) is 13.9. The normalized spacial score (nSPS) is 17.0. The van der Waals surface area contributed by atoms with Crippen LogP contribution in [-0.4, -0.2) is 19.6 Å². The maximum Gasteiger partial charge on any atom is 0.146 e. The first-order chi connectivity index (χ1) is 10.3. The summed E-state index contributed by atoms with van der Waals surface area (Å²) in [6, 6.07) is 15.5. The van der Waals surface area contributed by atoms with Crippen LogP contribution < -0.4 is 10.2 Å². The molecule has 0 aliphatic carbocycles. The Balaban J connectivity index is 1.73. The number of nitrogens with one attached hydrogen (secondary N) is 1.